The highest BCUT2D eigenvalue weighted by molar-refractivity contribution is 6.04. The Balaban J connectivity index is 1.69. The van der Waals surface area contributed by atoms with Gasteiger partial charge in [0.25, 0.3) is 5.91 Å². The van der Waals surface area contributed by atoms with Gasteiger partial charge in [0.2, 0.25) is 11.8 Å². The lowest BCUT2D eigenvalue weighted by Gasteiger charge is -2.34. The maximum Gasteiger partial charge on any atom is 0.287 e. The third kappa shape index (κ3) is 6.00. The van der Waals surface area contributed by atoms with E-state index in [1.54, 1.807) is 30.6 Å². The van der Waals surface area contributed by atoms with Crippen LogP contribution in [0, 0.1) is 13.8 Å². The molecule has 0 unspecified atom stereocenters. The molecule has 1 aliphatic carbocycles. The molecule has 2 aromatic heterocycles. The average Bonchev–Trinajstić information content (AvgIpc) is 3.42. The van der Waals surface area contributed by atoms with Crippen molar-refractivity contribution in [2.24, 2.45) is 0 Å². The smallest absolute Gasteiger partial charge is 0.287 e. The fourth-order valence-corrected chi connectivity index (χ4v) is 4.71. The van der Waals surface area contributed by atoms with Crippen LogP contribution in [0.3, 0.4) is 0 Å². The van der Waals surface area contributed by atoms with Gasteiger partial charge in [-0.25, -0.2) is 0 Å². The predicted molar refractivity (Wildman–Crippen MR) is 136 cm³/mol. The molecule has 0 aliphatic heterocycles. The minimum absolute atomic E-state index is 0.0696. The molecule has 1 aliphatic rings. The zero-order chi connectivity index (χ0) is 25.5. The topological polar surface area (TPSA) is 105 Å². The predicted octanol–water partition coefficient (Wildman–Crippen LogP) is 4.24. The summed E-state index contributed by atoms with van der Waals surface area (Å²) in [6.07, 6.45) is 9.78. The summed E-state index contributed by atoms with van der Waals surface area (Å²) in [5.74, 6) is -1.08. The molecule has 3 amide bonds. The Morgan fingerprint density at radius 1 is 1.08 bits per heavy atom. The van der Waals surface area contributed by atoms with Gasteiger partial charge in [-0.2, -0.15) is 0 Å². The van der Waals surface area contributed by atoms with Gasteiger partial charge in [0, 0.05) is 29.7 Å². The lowest BCUT2D eigenvalue weighted by molar-refractivity contribution is -0.127. The largest absolute Gasteiger partial charge is 0.459 e. The zero-order valence-electron chi connectivity index (χ0n) is 20.7. The van der Waals surface area contributed by atoms with Gasteiger partial charge in [-0.1, -0.05) is 43.0 Å². The first-order chi connectivity index (χ1) is 17.4. The zero-order valence-corrected chi connectivity index (χ0v) is 20.7. The number of carbonyl (C=O) groups excluding carboxylic acids is 3. The Kier molecular flexibility index (Phi) is 8.15. The van der Waals surface area contributed by atoms with Crippen molar-refractivity contribution in [2.75, 3.05) is 11.4 Å². The van der Waals surface area contributed by atoms with Crippen molar-refractivity contribution in [3.8, 4) is 0 Å². The maximum absolute atomic E-state index is 13.8. The summed E-state index contributed by atoms with van der Waals surface area (Å²) in [5.41, 5.74) is 3.08. The summed E-state index contributed by atoms with van der Waals surface area (Å²) in [6, 6.07) is 11.5. The summed E-state index contributed by atoms with van der Waals surface area (Å²) < 4.78 is 5.14. The first-order valence-electron chi connectivity index (χ1n) is 12.4. The molecule has 36 heavy (non-hydrogen) atoms. The second kappa shape index (κ2) is 11.7. The summed E-state index contributed by atoms with van der Waals surface area (Å²) in [7, 11) is 0. The number of aromatic nitrogens is 1. The van der Waals surface area contributed by atoms with Crippen LogP contribution in [0.5, 0.6) is 0 Å². The van der Waals surface area contributed by atoms with E-state index in [9.17, 15) is 14.4 Å². The number of nitrogens with one attached hydrogen (secondary N) is 2. The molecule has 0 saturated heterocycles. The van der Waals surface area contributed by atoms with E-state index in [2.05, 4.69) is 15.6 Å². The number of carbonyl (C=O) groups is 3. The van der Waals surface area contributed by atoms with E-state index in [-0.39, 0.29) is 24.3 Å². The molecule has 2 heterocycles. The number of hydrogen-bond donors (Lipinski definition) is 2. The van der Waals surface area contributed by atoms with E-state index in [0.717, 1.165) is 36.8 Å². The lowest BCUT2D eigenvalue weighted by Crippen LogP contribution is -2.50. The molecule has 1 saturated carbocycles. The van der Waals surface area contributed by atoms with Crippen LogP contribution in [0.2, 0.25) is 0 Å². The molecular weight excluding hydrogens is 456 g/mol. The van der Waals surface area contributed by atoms with Crippen molar-refractivity contribution < 1.29 is 18.8 Å². The minimum atomic E-state index is -0.949. The molecule has 0 spiro atoms. The quantitative estimate of drug-likeness (QED) is 0.493. The Hall–Kier alpha value is -3.94. The van der Waals surface area contributed by atoms with Gasteiger partial charge in [-0.15, -0.1) is 0 Å². The fourth-order valence-electron chi connectivity index (χ4n) is 4.71. The molecule has 4 rings (SSSR count). The molecule has 1 fully saturated rings. The molecule has 1 atom stereocenters. The molecule has 8 heteroatoms. The van der Waals surface area contributed by atoms with Gasteiger partial charge in [0.1, 0.15) is 6.04 Å². The minimum Gasteiger partial charge on any atom is -0.459 e. The molecule has 3 aromatic rings. The summed E-state index contributed by atoms with van der Waals surface area (Å²) in [4.78, 5) is 45.7. The highest BCUT2D eigenvalue weighted by Gasteiger charge is 2.35. The molecule has 8 nitrogen and oxygen atoms in total. The van der Waals surface area contributed by atoms with Crippen molar-refractivity contribution in [1.82, 2.24) is 15.6 Å². The Morgan fingerprint density at radius 3 is 2.56 bits per heavy atom. The summed E-state index contributed by atoms with van der Waals surface area (Å²) >= 11 is 0. The highest BCUT2D eigenvalue weighted by atomic mass is 16.3. The van der Waals surface area contributed by atoms with E-state index in [4.69, 9.17) is 4.42 Å². The number of rotatable bonds is 8. The Morgan fingerprint density at radius 2 is 1.89 bits per heavy atom. The monoisotopic (exact) mass is 488 g/mol. The third-order valence-electron chi connectivity index (χ3n) is 6.48. The Labute approximate surface area is 211 Å². The first-order valence-corrected chi connectivity index (χ1v) is 12.4. The van der Waals surface area contributed by atoms with Crippen LogP contribution >= 0.6 is 0 Å². The van der Waals surface area contributed by atoms with Gasteiger partial charge in [-0.05, 0) is 56.5 Å². The van der Waals surface area contributed by atoms with Crippen LogP contribution in [0.4, 0.5) is 5.69 Å². The van der Waals surface area contributed by atoms with Gasteiger partial charge < -0.3 is 15.1 Å². The van der Waals surface area contributed by atoms with E-state index < -0.39 is 17.9 Å². The van der Waals surface area contributed by atoms with Crippen LogP contribution in [0.1, 0.15) is 65.4 Å². The van der Waals surface area contributed by atoms with Crippen molar-refractivity contribution in [1.29, 1.82) is 0 Å². The van der Waals surface area contributed by atoms with Crippen LogP contribution in [-0.2, 0) is 9.59 Å². The van der Waals surface area contributed by atoms with Gasteiger partial charge in [0.05, 0.1) is 12.8 Å². The number of furan rings is 1. The fraction of sp³-hybridized carbons (Fsp3) is 0.357. The summed E-state index contributed by atoms with van der Waals surface area (Å²) in [5, 5.41) is 5.80. The normalized spacial score (nSPS) is 14.6. The van der Waals surface area contributed by atoms with Crippen LogP contribution < -0.4 is 15.5 Å². The lowest BCUT2D eigenvalue weighted by atomic mass is 9.94. The van der Waals surface area contributed by atoms with Crippen LogP contribution in [0.15, 0.2) is 65.5 Å². The third-order valence-corrected chi connectivity index (χ3v) is 6.48. The molecule has 188 valence electrons. The Bertz CT molecular complexity index is 1190. The van der Waals surface area contributed by atoms with E-state index in [1.165, 1.54) is 23.7 Å². The second-order valence-electron chi connectivity index (χ2n) is 9.25. The first kappa shape index (κ1) is 25.2. The number of anilines is 1. The number of aryl methyl sites for hydroxylation is 2. The number of pyridine rings is 1. The molecule has 0 radical (unpaired) electrons. The number of benzene rings is 1. The van der Waals surface area contributed by atoms with Crippen LogP contribution in [-0.4, -0.2) is 35.3 Å². The van der Waals surface area contributed by atoms with E-state index in [1.807, 2.05) is 32.0 Å². The SMILES string of the molecule is Cc1ccc(N(C(=O)CNC(=O)c2ccco2)[C@H](C(=O)NC2CCCCC2)c2cccnc2)c(C)c1. The number of amides is 3. The molecule has 1 aromatic carbocycles. The molecule has 0 bridgehead atoms. The van der Waals surface area contributed by atoms with Gasteiger partial charge in [-0.3, -0.25) is 24.3 Å². The van der Waals surface area contributed by atoms with Crippen molar-refractivity contribution in [3.05, 3.63) is 83.6 Å². The van der Waals surface area contributed by atoms with Crippen molar-refractivity contribution in [3.63, 3.8) is 0 Å². The molecular formula is C28H32N4O4. The van der Waals surface area contributed by atoms with Gasteiger partial charge in [0.15, 0.2) is 5.76 Å². The van der Waals surface area contributed by atoms with Crippen molar-refractivity contribution >= 4 is 23.4 Å². The van der Waals surface area contributed by atoms with E-state index in [0.29, 0.717) is 11.3 Å². The van der Waals surface area contributed by atoms with Crippen molar-refractivity contribution in [2.45, 2.75) is 58.0 Å². The summed E-state index contributed by atoms with van der Waals surface area (Å²) in [6.45, 7) is 3.57. The van der Waals surface area contributed by atoms with Crippen LogP contribution in [0.25, 0.3) is 0 Å². The van der Waals surface area contributed by atoms with E-state index >= 15 is 0 Å². The number of hydrogen-bond acceptors (Lipinski definition) is 5. The molecule has 2 N–H and O–H groups in total. The maximum atomic E-state index is 13.8. The highest BCUT2D eigenvalue weighted by Crippen LogP contribution is 2.31. The standard InChI is InChI=1S/C28H32N4O4/c1-19-12-13-23(20(2)16-19)32(25(33)18-30-27(34)24-11-7-15-36-24)26(21-8-6-14-29-17-21)28(35)31-22-9-4-3-5-10-22/h6-8,11-17,22,26H,3-5,9-10,18H2,1-2H3,(H,30,34)(H,31,35)/t26-/m0/s1. The average molecular weight is 489 g/mol. The van der Waals surface area contributed by atoms with Gasteiger partial charge >= 0.3 is 0 Å². The number of nitrogens with zero attached hydrogens (tertiary/aromatic N) is 2. The second-order valence-corrected chi connectivity index (χ2v) is 9.25.